The summed E-state index contributed by atoms with van der Waals surface area (Å²) in [7, 11) is 2.60. The fourth-order valence-corrected chi connectivity index (χ4v) is 3.87. The highest BCUT2D eigenvalue weighted by molar-refractivity contribution is 7.99. The number of esters is 1. The van der Waals surface area contributed by atoms with Crippen molar-refractivity contribution in [3.8, 4) is 0 Å². The smallest absolute Gasteiger partial charge is 0.349 e. The number of hydroxylamine groups is 2. The van der Waals surface area contributed by atoms with Crippen molar-refractivity contribution in [3.05, 3.63) is 30.3 Å². The lowest BCUT2D eigenvalue weighted by atomic mass is 9.98. The lowest BCUT2D eigenvalue weighted by Crippen LogP contribution is -2.52. The van der Waals surface area contributed by atoms with Crippen molar-refractivity contribution in [1.29, 1.82) is 0 Å². The summed E-state index contributed by atoms with van der Waals surface area (Å²) in [4.78, 5) is 49.8. The molecule has 0 aliphatic rings. The van der Waals surface area contributed by atoms with Gasteiger partial charge < -0.3 is 15.4 Å². The average molecular weight is 468 g/mol. The molecule has 3 N–H and O–H groups in total. The first-order valence-corrected chi connectivity index (χ1v) is 11.5. The predicted octanol–water partition coefficient (Wildman–Crippen LogP) is 2.83. The number of hydrogen-bond donors (Lipinski definition) is 3. The van der Waals surface area contributed by atoms with Gasteiger partial charge in [-0.05, 0) is 30.9 Å². The van der Waals surface area contributed by atoms with Gasteiger partial charge in [-0.2, -0.15) is 0 Å². The van der Waals surface area contributed by atoms with Gasteiger partial charge in [0.15, 0.2) is 0 Å². The zero-order valence-corrected chi connectivity index (χ0v) is 19.8. The van der Waals surface area contributed by atoms with E-state index >= 15 is 0 Å². The minimum atomic E-state index is -1.12. The molecule has 0 radical (unpaired) electrons. The van der Waals surface area contributed by atoms with Crippen LogP contribution >= 0.6 is 11.8 Å². The fourth-order valence-electron chi connectivity index (χ4n) is 2.82. The van der Waals surface area contributed by atoms with Crippen molar-refractivity contribution >= 4 is 35.6 Å². The van der Waals surface area contributed by atoms with Crippen molar-refractivity contribution in [2.75, 3.05) is 19.9 Å². The number of rotatable bonds is 12. The quantitative estimate of drug-likeness (QED) is 0.187. The molecule has 1 aromatic rings. The molecule has 0 bridgehead atoms. The number of imide groups is 1. The van der Waals surface area contributed by atoms with E-state index < -0.39 is 35.8 Å². The monoisotopic (exact) mass is 467 g/mol. The van der Waals surface area contributed by atoms with Crippen LogP contribution in [0.1, 0.15) is 39.5 Å². The molecule has 0 unspecified atom stereocenters. The van der Waals surface area contributed by atoms with Gasteiger partial charge in [0, 0.05) is 24.1 Å². The molecule has 0 heterocycles. The standard InChI is InChI=1S/C22H33N3O6S/c1-15(2)10-11-16(14-32-17-8-6-5-7-9-17)21(28)25(30)22(29)24-18(20(27)23-3)12-13-19(26)31-4/h5-9,15-16,18,30H,10-14H2,1-4H3,(H,23,27)(H,24,29)/t16-,18+/m1/s1. The molecule has 1 rings (SSSR count). The molecular weight excluding hydrogens is 434 g/mol. The third-order valence-electron chi connectivity index (χ3n) is 4.76. The maximum absolute atomic E-state index is 12.9. The van der Waals surface area contributed by atoms with E-state index in [1.54, 1.807) is 0 Å². The summed E-state index contributed by atoms with van der Waals surface area (Å²) in [5.74, 6) is -1.69. The van der Waals surface area contributed by atoms with Crippen LogP contribution in [0, 0.1) is 11.8 Å². The predicted molar refractivity (Wildman–Crippen MR) is 121 cm³/mol. The fraction of sp³-hybridized carbons (Fsp3) is 0.545. The minimum Gasteiger partial charge on any atom is -0.469 e. The maximum Gasteiger partial charge on any atom is 0.349 e. The van der Waals surface area contributed by atoms with E-state index in [0.717, 1.165) is 11.3 Å². The van der Waals surface area contributed by atoms with Gasteiger partial charge in [0.05, 0.1) is 13.0 Å². The molecule has 0 aromatic heterocycles. The van der Waals surface area contributed by atoms with E-state index in [1.165, 1.54) is 25.9 Å². The van der Waals surface area contributed by atoms with Gasteiger partial charge in [-0.25, -0.2) is 4.79 Å². The number of carbonyl (C=O) groups excluding carboxylic acids is 4. The molecule has 0 aliphatic carbocycles. The molecular formula is C22H33N3O6S. The molecule has 178 valence electrons. The van der Waals surface area contributed by atoms with Crippen LogP contribution in [0.15, 0.2) is 35.2 Å². The van der Waals surface area contributed by atoms with Gasteiger partial charge in [0.2, 0.25) is 5.91 Å². The summed E-state index contributed by atoms with van der Waals surface area (Å²) in [5, 5.41) is 15.0. The van der Waals surface area contributed by atoms with Gasteiger partial charge in [-0.3, -0.25) is 19.6 Å². The molecule has 10 heteroatoms. The van der Waals surface area contributed by atoms with Crippen molar-refractivity contribution in [2.24, 2.45) is 11.8 Å². The summed E-state index contributed by atoms with van der Waals surface area (Å²) in [6.07, 6.45) is 1.10. The molecule has 4 amide bonds. The number of nitrogens with one attached hydrogen (secondary N) is 2. The summed E-state index contributed by atoms with van der Waals surface area (Å²) < 4.78 is 4.55. The summed E-state index contributed by atoms with van der Waals surface area (Å²) in [5.41, 5.74) is 0. The Balaban J connectivity index is 2.83. The first kappa shape index (κ1) is 27.4. The lowest BCUT2D eigenvalue weighted by Gasteiger charge is -2.24. The Bertz CT molecular complexity index is 759. The number of benzene rings is 1. The van der Waals surface area contributed by atoms with E-state index in [9.17, 15) is 24.4 Å². The molecule has 9 nitrogen and oxygen atoms in total. The molecule has 0 saturated carbocycles. The number of carbonyl (C=O) groups is 4. The van der Waals surface area contributed by atoms with Crippen molar-refractivity contribution < 1.29 is 29.1 Å². The second-order valence-corrected chi connectivity index (χ2v) is 8.77. The number of amides is 4. The molecule has 2 atom stereocenters. The number of nitrogens with zero attached hydrogens (tertiary/aromatic N) is 1. The van der Waals surface area contributed by atoms with Crippen molar-refractivity contribution in [3.63, 3.8) is 0 Å². The van der Waals surface area contributed by atoms with E-state index in [4.69, 9.17) is 0 Å². The minimum absolute atomic E-state index is 0.0324. The molecule has 32 heavy (non-hydrogen) atoms. The third kappa shape index (κ3) is 9.69. The van der Waals surface area contributed by atoms with Crippen LogP contribution in [0.5, 0.6) is 0 Å². The highest BCUT2D eigenvalue weighted by atomic mass is 32.2. The summed E-state index contributed by atoms with van der Waals surface area (Å²) in [6, 6.07) is 7.31. The van der Waals surface area contributed by atoms with E-state index in [1.807, 2.05) is 44.2 Å². The van der Waals surface area contributed by atoms with E-state index in [-0.39, 0.29) is 17.9 Å². The Morgan fingerprint density at radius 3 is 2.31 bits per heavy atom. The second kappa shape index (κ2) is 14.5. The zero-order valence-electron chi connectivity index (χ0n) is 19.0. The van der Waals surface area contributed by atoms with Crippen LogP contribution in [0.2, 0.25) is 0 Å². The highest BCUT2D eigenvalue weighted by Crippen LogP contribution is 2.25. The maximum atomic E-state index is 12.9. The molecule has 1 aromatic carbocycles. The molecule has 0 saturated heterocycles. The molecule has 0 fully saturated rings. The summed E-state index contributed by atoms with van der Waals surface area (Å²) in [6.45, 7) is 4.06. The van der Waals surface area contributed by atoms with Gasteiger partial charge in [0.25, 0.3) is 5.91 Å². The topological polar surface area (TPSA) is 125 Å². The van der Waals surface area contributed by atoms with Gasteiger partial charge in [-0.1, -0.05) is 38.5 Å². The van der Waals surface area contributed by atoms with E-state index in [2.05, 4.69) is 15.4 Å². The van der Waals surface area contributed by atoms with Crippen LogP contribution in [0.25, 0.3) is 0 Å². The van der Waals surface area contributed by atoms with Crippen LogP contribution < -0.4 is 10.6 Å². The van der Waals surface area contributed by atoms with Gasteiger partial charge >= 0.3 is 12.0 Å². The first-order chi connectivity index (χ1) is 15.2. The number of urea groups is 1. The number of hydrogen-bond acceptors (Lipinski definition) is 7. The summed E-state index contributed by atoms with van der Waals surface area (Å²) >= 11 is 1.47. The first-order valence-electron chi connectivity index (χ1n) is 10.5. The van der Waals surface area contributed by atoms with Crippen LogP contribution in [-0.4, -0.2) is 60.0 Å². The van der Waals surface area contributed by atoms with Crippen LogP contribution in [0.3, 0.4) is 0 Å². The van der Waals surface area contributed by atoms with Gasteiger partial charge in [0.1, 0.15) is 6.04 Å². The number of ether oxygens (including phenoxy) is 1. The third-order valence-corrected chi connectivity index (χ3v) is 5.94. The average Bonchev–Trinajstić information content (AvgIpc) is 2.80. The van der Waals surface area contributed by atoms with Crippen molar-refractivity contribution in [2.45, 2.75) is 50.5 Å². The molecule has 0 spiro atoms. The van der Waals surface area contributed by atoms with Crippen molar-refractivity contribution in [1.82, 2.24) is 15.7 Å². The Morgan fingerprint density at radius 1 is 1.09 bits per heavy atom. The Kier molecular flexibility index (Phi) is 12.4. The normalized spacial score (nSPS) is 12.6. The molecule has 0 aliphatic heterocycles. The zero-order chi connectivity index (χ0) is 24.1. The number of methoxy groups -OCH3 is 1. The second-order valence-electron chi connectivity index (χ2n) is 7.67. The Hall–Kier alpha value is -2.59. The van der Waals surface area contributed by atoms with E-state index in [0.29, 0.717) is 18.1 Å². The number of thioether (sulfide) groups is 1. The van der Waals surface area contributed by atoms with Crippen LogP contribution in [0.4, 0.5) is 4.79 Å². The number of likely N-dealkylation sites (N-methyl/N-ethyl adjacent to an activating group) is 1. The largest absolute Gasteiger partial charge is 0.469 e. The Morgan fingerprint density at radius 2 is 1.75 bits per heavy atom. The SMILES string of the molecule is CNC(=O)[C@H](CCC(=O)OC)NC(=O)N(O)C(=O)[C@H](CCC(C)C)CSc1ccccc1. The lowest BCUT2D eigenvalue weighted by molar-refractivity contribution is -0.157. The Labute approximate surface area is 193 Å². The highest BCUT2D eigenvalue weighted by Gasteiger charge is 2.31. The van der Waals surface area contributed by atoms with Gasteiger partial charge in [-0.15, -0.1) is 16.8 Å². The van der Waals surface area contributed by atoms with Crippen LogP contribution in [-0.2, 0) is 19.1 Å².